The number of nitrogens with zero attached hydrogens (tertiary/aromatic N) is 1. The fourth-order valence-corrected chi connectivity index (χ4v) is 6.27. The average molecular weight is 592 g/mol. The van der Waals surface area contributed by atoms with Crippen LogP contribution in [0, 0.1) is 0 Å². The molecule has 0 aromatic heterocycles. The second-order valence-electron chi connectivity index (χ2n) is 8.75. The zero-order valence-corrected chi connectivity index (χ0v) is 23.8. The van der Waals surface area contributed by atoms with Crippen molar-refractivity contribution in [3.05, 3.63) is 60.7 Å². The number of hydrogen-bond acceptors (Lipinski definition) is 9. The summed E-state index contributed by atoms with van der Waals surface area (Å²) in [6, 6.07) is 13.5. The summed E-state index contributed by atoms with van der Waals surface area (Å²) in [6.45, 7) is 2.14. The van der Waals surface area contributed by atoms with E-state index in [0.29, 0.717) is 30.5 Å². The first kappa shape index (κ1) is 28.8. The van der Waals surface area contributed by atoms with Crippen LogP contribution in [0.4, 0.5) is 17.1 Å². The molecule has 0 saturated carbocycles. The van der Waals surface area contributed by atoms with Crippen molar-refractivity contribution in [3.8, 4) is 23.0 Å². The average Bonchev–Trinajstić information content (AvgIpc) is 2.92. The zero-order chi connectivity index (χ0) is 29.1. The Bertz CT molecular complexity index is 1610. The number of carbonyl (C=O) groups is 1. The van der Waals surface area contributed by atoms with Crippen LogP contribution in [0.25, 0.3) is 0 Å². The van der Waals surface area contributed by atoms with E-state index in [1.54, 1.807) is 18.2 Å². The quantitative estimate of drug-likeness (QED) is 0.363. The van der Waals surface area contributed by atoms with Crippen molar-refractivity contribution in [2.24, 2.45) is 0 Å². The molecule has 1 amide bonds. The molecule has 214 valence electrons. The van der Waals surface area contributed by atoms with Crippen LogP contribution in [-0.4, -0.2) is 62.5 Å². The molecule has 0 bridgehead atoms. The molecule has 2 N–H and O–H groups in total. The van der Waals surface area contributed by atoms with E-state index in [4.69, 9.17) is 18.9 Å². The van der Waals surface area contributed by atoms with Gasteiger partial charge in [0, 0.05) is 17.8 Å². The SMILES string of the molecule is COc1ccc(NS(=O)(=O)c2ccc(NC(=O)[C@H](C)N(c3ccc4c(c3)OCCO4)S(C)(=O)=O)cc2)c(OC)c1. The minimum Gasteiger partial charge on any atom is -0.497 e. The summed E-state index contributed by atoms with van der Waals surface area (Å²) in [5.74, 6) is 1.00. The predicted molar refractivity (Wildman–Crippen MR) is 150 cm³/mol. The monoisotopic (exact) mass is 591 g/mol. The third-order valence-electron chi connectivity index (χ3n) is 5.95. The molecule has 1 atom stereocenters. The number of rotatable bonds is 10. The lowest BCUT2D eigenvalue weighted by molar-refractivity contribution is -0.116. The van der Waals surface area contributed by atoms with E-state index >= 15 is 0 Å². The molecular formula is C26H29N3O9S2. The molecule has 0 radical (unpaired) electrons. The van der Waals surface area contributed by atoms with Gasteiger partial charge in [-0.2, -0.15) is 0 Å². The minimum absolute atomic E-state index is 0.0644. The first-order chi connectivity index (χ1) is 18.9. The molecule has 3 aromatic carbocycles. The molecule has 14 heteroatoms. The van der Waals surface area contributed by atoms with Crippen molar-refractivity contribution in [1.29, 1.82) is 0 Å². The van der Waals surface area contributed by atoms with E-state index < -0.39 is 32.0 Å². The van der Waals surface area contributed by atoms with Crippen LogP contribution in [0.5, 0.6) is 23.0 Å². The Morgan fingerprint density at radius 1 is 0.900 bits per heavy atom. The van der Waals surface area contributed by atoms with E-state index in [1.807, 2.05) is 0 Å². The van der Waals surface area contributed by atoms with Gasteiger partial charge in [0.15, 0.2) is 11.5 Å². The highest BCUT2D eigenvalue weighted by Gasteiger charge is 2.30. The third-order valence-corrected chi connectivity index (χ3v) is 8.58. The Hall–Kier alpha value is -4.17. The molecule has 40 heavy (non-hydrogen) atoms. The molecule has 1 aliphatic rings. The number of carbonyl (C=O) groups excluding carboxylic acids is 1. The van der Waals surface area contributed by atoms with Crippen molar-refractivity contribution < 1.29 is 40.6 Å². The maximum Gasteiger partial charge on any atom is 0.262 e. The van der Waals surface area contributed by atoms with Gasteiger partial charge >= 0.3 is 0 Å². The molecule has 0 aliphatic carbocycles. The fourth-order valence-electron chi connectivity index (χ4n) is 4.03. The van der Waals surface area contributed by atoms with Gasteiger partial charge in [0.1, 0.15) is 30.8 Å². The van der Waals surface area contributed by atoms with Crippen LogP contribution < -0.4 is 33.3 Å². The largest absolute Gasteiger partial charge is 0.497 e. The van der Waals surface area contributed by atoms with Gasteiger partial charge in [0.2, 0.25) is 15.9 Å². The second-order valence-corrected chi connectivity index (χ2v) is 12.3. The molecular weight excluding hydrogens is 562 g/mol. The molecule has 4 rings (SSSR count). The van der Waals surface area contributed by atoms with Gasteiger partial charge in [0.05, 0.1) is 36.7 Å². The predicted octanol–water partition coefficient (Wildman–Crippen LogP) is 3.07. The smallest absolute Gasteiger partial charge is 0.262 e. The van der Waals surface area contributed by atoms with Crippen molar-refractivity contribution >= 4 is 43.0 Å². The summed E-state index contributed by atoms with van der Waals surface area (Å²) < 4.78 is 76.1. The normalized spacial score (nSPS) is 13.6. The van der Waals surface area contributed by atoms with Crippen LogP contribution in [0.2, 0.25) is 0 Å². The fraction of sp³-hybridized carbons (Fsp3) is 0.269. The number of amides is 1. The highest BCUT2D eigenvalue weighted by Crippen LogP contribution is 2.36. The Morgan fingerprint density at radius 3 is 2.20 bits per heavy atom. The molecule has 0 spiro atoms. The van der Waals surface area contributed by atoms with Crippen LogP contribution in [0.1, 0.15) is 6.92 Å². The highest BCUT2D eigenvalue weighted by molar-refractivity contribution is 7.92. The van der Waals surface area contributed by atoms with Gasteiger partial charge in [-0.05, 0) is 55.5 Å². The molecule has 3 aromatic rings. The number of hydrogen-bond donors (Lipinski definition) is 2. The summed E-state index contributed by atoms with van der Waals surface area (Å²) in [5, 5.41) is 2.64. The van der Waals surface area contributed by atoms with E-state index in [9.17, 15) is 21.6 Å². The maximum absolute atomic E-state index is 13.1. The van der Waals surface area contributed by atoms with Crippen LogP contribution in [0.15, 0.2) is 65.6 Å². The Labute approximate surface area is 232 Å². The van der Waals surface area contributed by atoms with E-state index in [0.717, 1.165) is 10.6 Å². The lowest BCUT2D eigenvalue weighted by atomic mass is 10.2. The molecule has 0 fully saturated rings. The van der Waals surface area contributed by atoms with Crippen molar-refractivity contribution in [1.82, 2.24) is 0 Å². The number of methoxy groups -OCH3 is 2. The second kappa shape index (κ2) is 11.5. The molecule has 12 nitrogen and oxygen atoms in total. The minimum atomic E-state index is -4.00. The van der Waals surface area contributed by atoms with Crippen LogP contribution in [0.3, 0.4) is 0 Å². The molecule has 1 heterocycles. The summed E-state index contributed by atoms with van der Waals surface area (Å²) >= 11 is 0. The van der Waals surface area contributed by atoms with Crippen LogP contribution in [-0.2, 0) is 24.8 Å². The molecule has 1 aliphatic heterocycles. The zero-order valence-electron chi connectivity index (χ0n) is 22.2. The van der Waals surface area contributed by atoms with E-state index in [2.05, 4.69) is 10.0 Å². The first-order valence-corrected chi connectivity index (χ1v) is 15.3. The van der Waals surface area contributed by atoms with Gasteiger partial charge in [-0.1, -0.05) is 0 Å². The maximum atomic E-state index is 13.1. The number of fused-ring (bicyclic) bond motifs is 1. The molecule has 0 saturated heterocycles. The first-order valence-electron chi connectivity index (χ1n) is 12.0. The van der Waals surface area contributed by atoms with Crippen molar-refractivity contribution in [2.75, 3.05) is 48.0 Å². The Kier molecular flexibility index (Phi) is 8.30. The van der Waals surface area contributed by atoms with Crippen LogP contribution >= 0.6 is 0 Å². The number of benzene rings is 3. The lowest BCUT2D eigenvalue weighted by Gasteiger charge is -2.29. The van der Waals surface area contributed by atoms with Gasteiger partial charge in [-0.15, -0.1) is 0 Å². The highest BCUT2D eigenvalue weighted by atomic mass is 32.2. The van der Waals surface area contributed by atoms with Gasteiger partial charge in [-0.3, -0.25) is 13.8 Å². The number of sulfonamides is 2. The standard InChI is InChI=1S/C26H29N3O9S2/c1-17(29(39(4,31)32)19-7-12-23-25(15-19)38-14-13-37-23)26(30)27-18-5-9-21(10-6-18)40(33,34)28-22-11-8-20(35-2)16-24(22)36-3/h5-12,15-17,28H,13-14H2,1-4H3,(H,27,30)/t17-/m0/s1. The number of ether oxygens (including phenoxy) is 4. The van der Waals surface area contributed by atoms with Gasteiger partial charge in [0.25, 0.3) is 10.0 Å². The van der Waals surface area contributed by atoms with E-state index in [1.165, 1.54) is 63.6 Å². The summed E-state index contributed by atoms with van der Waals surface area (Å²) in [4.78, 5) is 13.0. The topological polar surface area (TPSA) is 150 Å². The lowest BCUT2D eigenvalue weighted by Crippen LogP contribution is -2.45. The van der Waals surface area contributed by atoms with Gasteiger partial charge in [-0.25, -0.2) is 16.8 Å². The number of anilines is 3. The summed E-state index contributed by atoms with van der Waals surface area (Å²) in [5.41, 5.74) is 0.721. The van der Waals surface area contributed by atoms with Crippen molar-refractivity contribution in [2.45, 2.75) is 17.9 Å². The Morgan fingerprint density at radius 2 is 1.57 bits per heavy atom. The van der Waals surface area contributed by atoms with Crippen molar-refractivity contribution in [3.63, 3.8) is 0 Å². The summed E-state index contributed by atoms with van der Waals surface area (Å²) in [6.07, 6.45) is 0.998. The third kappa shape index (κ3) is 6.34. The number of nitrogens with one attached hydrogen (secondary N) is 2. The van der Waals surface area contributed by atoms with E-state index in [-0.39, 0.29) is 27.7 Å². The summed E-state index contributed by atoms with van der Waals surface area (Å²) in [7, 11) is -4.98. The molecule has 0 unspecified atom stereocenters. The Balaban J connectivity index is 1.50. The van der Waals surface area contributed by atoms with Gasteiger partial charge < -0.3 is 24.3 Å².